The van der Waals surface area contributed by atoms with E-state index in [2.05, 4.69) is 43.4 Å². The van der Waals surface area contributed by atoms with E-state index in [4.69, 9.17) is 9.47 Å². The number of nitrogens with one attached hydrogen (secondary N) is 3. The van der Waals surface area contributed by atoms with Crippen molar-refractivity contribution in [2.75, 3.05) is 66.2 Å². The van der Waals surface area contributed by atoms with Crippen molar-refractivity contribution in [3.63, 3.8) is 0 Å². The number of aliphatic imine (C=N–C) groups is 1. The van der Waals surface area contributed by atoms with Crippen LogP contribution in [0.4, 0.5) is 0 Å². The number of hydrogen-bond acceptors (Lipinski definition) is 6. The predicted octanol–water partition coefficient (Wildman–Crippen LogP) is 0.439. The summed E-state index contributed by atoms with van der Waals surface area (Å²) in [4.78, 5) is 20.0. The molecule has 2 rings (SSSR count). The van der Waals surface area contributed by atoms with E-state index in [0.717, 1.165) is 39.4 Å². The number of thiophene rings is 1. The molecule has 3 N–H and O–H groups in total. The topological polar surface area (TPSA) is 87.2 Å². The zero-order valence-electron chi connectivity index (χ0n) is 16.2. The summed E-state index contributed by atoms with van der Waals surface area (Å²) < 4.78 is 10.4. The van der Waals surface area contributed by atoms with Gasteiger partial charge in [0.05, 0.1) is 25.9 Å². The molecule has 1 amide bonds. The first-order valence-corrected chi connectivity index (χ1v) is 10.3. The fraction of sp³-hybridized carbons (Fsp3) is 0.667. The fourth-order valence-corrected chi connectivity index (χ4v) is 3.67. The van der Waals surface area contributed by atoms with Crippen LogP contribution in [0.3, 0.4) is 0 Å². The molecule has 0 bridgehead atoms. The third-order valence-electron chi connectivity index (χ3n) is 4.17. The first kappa shape index (κ1) is 21.6. The molecule has 0 saturated carbocycles. The Morgan fingerprint density at radius 3 is 2.85 bits per heavy atom. The number of amides is 1. The quantitative estimate of drug-likeness (QED) is 0.302. The molecule has 0 radical (unpaired) electrons. The van der Waals surface area contributed by atoms with Crippen molar-refractivity contribution in [1.29, 1.82) is 0 Å². The van der Waals surface area contributed by atoms with Crippen molar-refractivity contribution >= 4 is 23.2 Å². The van der Waals surface area contributed by atoms with E-state index in [1.807, 2.05) is 6.92 Å². The zero-order chi connectivity index (χ0) is 19.3. The van der Waals surface area contributed by atoms with E-state index in [1.54, 1.807) is 18.4 Å². The van der Waals surface area contributed by atoms with Gasteiger partial charge in [-0.05, 0) is 18.4 Å². The summed E-state index contributed by atoms with van der Waals surface area (Å²) >= 11 is 1.76. The van der Waals surface area contributed by atoms with Crippen LogP contribution in [0.1, 0.15) is 17.8 Å². The number of ether oxygens (including phenoxy) is 2. The smallest absolute Gasteiger partial charge is 0.241 e. The van der Waals surface area contributed by atoms with Gasteiger partial charge in [0, 0.05) is 44.7 Å². The van der Waals surface area contributed by atoms with Crippen LogP contribution < -0.4 is 16.0 Å². The molecule has 27 heavy (non-hydrogen) atoms. The molecular formula is C18H31N5O3S. The van der Waals surface area contributed by atoms with Crippen molar-refractivity contribution in [1.82, 2.24) is 20.9 Å². The standard InChI is InChI=1S/C18H31N5O3S/c1-3-19-18(22-14-17(24)20-6-9-25-2)21-13-15(16-5-4-12-27-16)23-7-10-26-11-8-23/h4-5,12,15H,3,6-11,13-14H2,1-2H3,(H,20,24)(H2,19,21,22). The highest BCUT2D eigenvalue weighted by atomic mass is 32.1. The molecule has 1 unspecified atom stereocenters. The highest BCUT2D eigenvalue weighted by Crippen LogP contribution is 2.25. The third-order valence-corrected chi connectivity index (χ3v) is 5.15. The minimum atomic E-state index is -0.118. The molecule has 1 aromatic heterocycles. The van der Waals surface area contributed by atoms with Gasteiger partial charge in [-0.25, -0.2) is 4.99 Å². The first-order valence-electron chi connectivity index (χ1n) is 9.37. The van der Waals surface area contributed by atoms with E-state index in [1.165, 1.54) is 4.88 Å². The van der Waals surface area contributed by atoms with Crippen molar-refractivity contribution in [3.8, 4) is 0 Å². The molecule has 1 aromatic rings. The summed E-state index contributed by atoms with van der Waals surface area (Å²) in [6.07, 6.45) is 0. The van der Waals surface area contributed by atoms with Gasteiger partial charge < -0.3 is 25.4 Å². The Balaban J connectivity index is 1.92. The normalized spacial score (nSPS) is 16.7. The van der Waals surface area contributed by atoms with Crippen LogP contribution in [0, 0.1) is 0 Å². The monoisotopic (exact) mass is 397 g/mol. The Morgan fingerprint density at radius 1 is 1.37 bits per heavy atom. The lowest BCUT2D eigenvalue weighted by Gasteiger charge is -2.34. The van der Waals surface area contributed by atoms with Gasteiger partial charge in [-0.3, -0.25) is 9.69 Å². The maximum Gasteiger partial charge on any atom is 0.241 e. The molecule has 1 atom stereocenters. The summed E-state index contributed by atoms with van der Waals surface area (Å²) in [6, 6.07) is 4.50. The maximum atomic E-state index is 11.8. The van der Waals surface area contributed by atoms with Crippen molar-refractivity contribution in [3.05, 3.63) is 22.4 Å². The van der Waals surface area contributed by atoms with E-state index in [0.29, 0.717) is 19.1 Å². The number of hydrogen-bond donors (Lipinski definition) is 3. The van der Waals surface area contributed by atoms with Gasteiger partial charge in [-0.15, -0.1) is 11.3 Å². The molecule has 0 spiro atoms. The highest BCUT2D eigenvalue weighted by molar-refractivity contribution is 7.10. The number of guanidine groups is 1. The Labute approximate surface area is 165 Å². The minimum absolute atomic E-state index is 0.0836. The molecule has 1 saturated heterocycles. The summed E-state index contributed by atoms with van der Waals surface area (Å²) in [5.74, 6) is 0.529. The number of carbonyl (C=O) groups excluding carboxylic acids is 1. The second-order valence-electron chi connectivity index (χ2n) is 6.10. The van der Waals surface area contributed by atoms with Gasteiger partial charge in [0.15, 0.2) is 5.96 Å². The molecule has 0 aliphatic carbocycles. The van der Waals surface area contributed by atoms with Gasteiger partial charge in [-0.2, -0.15) is 0 Å². The number of morpholine rings is 1. The lowest BCUT2D eigenvalue weighted by atomic mass is 10.2. The lowest BCUT2D eigenvalue weighted by molar-refractivity contribution is -0.119. The van der Waals surface area contributed by atoms with Crippen molar-refractivity contribution < 1.29 is 14.3 Å². The van der Waals surface area contributed by atoms with Crippen LogP contribution in [0.25, 0.3) is 0 Å². The average molecular weight is 398 g/mol. The minimum Gasteiger partial charge on any atom is -0.383 e. The number of methoxy groups -OCH3 is 1. The van der Waals surface area contributed by atoms with Gasteiger partial charge in [-0.1, -0.05) is 6.07 Å². The Hall–Kier alpha value is -1.68. The Morgan fingerprint density at radius 2 is 2.19 bits per heavy atom. The van der Waals surface area contributed by atoms with Gasteiger partial charge >= 0.3 is 0 Å². The molecule has 8 nitrogen and oxygen atoms in total. The number of rotatable bonds is 10. The van der Waals surface area contributed by atoms with Gasteiger partial charge in [0.2, 0.25) is 5.91 Å². The van der Waals surface area contributed by atoms with Crippen LogP contribution in [0.15, 0.2) is 22.5 Å². The summed E-state index contributed by atoms with van der Waals surface area (Å²) in [5.41, 5.74) is 0. The zero-order valence-corrected chi connectivity index (χ0v) is 17.0. The molecule has 0 aromatic carbocycles. The lowest BCUT2D eigenvalue weighted by Crippen LogP contribution is -2.46. The summed E-state index contributed by atoms with van der Waals surface area (Å²) in [6.45, 7) is 7.89. The Bertz CT molecular complexity index is 561. The van der Waals surface area contributed by atoms with E-state index in [9.17, 15) is 4.79 Å². The summed E-state index contributed by atoms with van der Waals surface area (Å²) in [7, 11) is 1.61. The molecule has 1 aliphatic rings. The largest absolute Gasteiger partial charge is 0.383 e. The molecule has 1 aliphatic heterocycles. The molecule has 152 valence electrons. The van der Waals surface area contributed by atoms with Crippen LogP contribution in [0.2, 0.25) is 0 Å². The highest BCUT2D eigenvalue weighted by Gasteiger charge is 2.23. The van der Waals surface area contributed by atoms with Gasteiger partial charge in [0.1, 0.15) is 6.54 Å². The van der Waals surface area contributed by atoms with E-state index < -0.39 is 0 Å². The van der Waals surface area contributed by atoms with Crippen LogP contribution >= 0.6 is 11.3 Å². The number of carbonyl (C=O) groups is 1. The molecular weight excluding hydrogens is 366 g/mol. The van der Waals surface area contributed by atoms with Crippen molar-refractivity contribution in [2.24, 2.45) is 4.99 Å². The first-order chi connectivity index (χ1) is 13.2. The SMILES string of the molecule is CCNC(=NCC(=O)NCCOC)NCC(c1cccs1)N1CCOCC1. The summed E-state index contributed by atoms with van der Waals surface area (Å²) in [5, 5.41) is 11.5. The molecule has 2 heterocycles. The number of nitrogens with zero attached hydrogens (tertiary/aromatic N) is 2. The van der Waals surface area contributed by atoms with Crippen LogP contribution in [0.5, 0.6) is 0 Å². The fourth-order valence-electron chi connectivity index (χ4n) is 2.81. The van der Waals surface area contributed by atoms with Crippen molar-refractivity contribution in [2.45, 2.75) is 13.0 Å². The Kier molecular flexibility index (Phi) is 10.1. The second kappa shape index (κ2) is 12.7. The average Bonchev–Trinajstić information content (AvgIpc) is 3.22. The third kappa shape index (κ3) is 7.84. The molecule has 9 heteroatoms. The van der Waals surface area contributed by atoms with E-state index >= 15 is 0 Å². The predicted molar refractivity (Wildman–Crippen MR) is 108 cm³/mol. The van der Waals surface area contributed by atoms with Crippen LogP contribution in [-0.2, 0) is 14.3 Å². The van der Waals surface area contributed by atoms with Gasteiger partial charge in [0.25, 0.3) is 0 Å². The maximum absolute atomic E-state index is 11.8. The van der Waals surface area contributed by atoms with Crippen LogP contribution in [-0.4, -0.2) is 83.0 Å². The molecule has 1 fully saturated rings. The van der Waals surface area contributed by atoms with E-state index in [-0.39, 0.29) is 18.5 Å². The second-order valence-corrected chi connectivity index (χ2v) is 7.08.